The van der Waals surface area contributed by atoms with Crippen molar-refractivity contribution in [2.45, 2.75) is 32.4 Å². The maximum atomic E-state index is 9.89. The molecule has 0 bridgehead atoms. The second-order valence-corrected chi connectivity index (χ2v) is 5.03. The van der Waals surface area contributed by atoms with Crippen LogP contribution in [-0.4, -0.2) is 35.2 Å². The first-order valence-corrected chi connectivity index (χ1v) is 6.14. The van der Waals surface area contributed by atoms with Crippen LogP contribution in [0.1, 0.15) is 19.4 Å². The Morgan fingerprint density at radius 1 is 1.31 bits per heavy atom. The van der Waals surface area contributed by atoms with Crippen molar-refractivity contribution in [1.29, 1.82) is 0 Å². The predicted octanol–water partition coefficient (Wildman–Crippen LogP) is 1.93. The zero-order chi connectivity index (χ0) is 11.5. The normalized spacial score (nSPS) is 25.8. The minimum absolute atomic E-state index is 0.157. The van der Waals surface area contributed by atoms with Gasteiger partial charge in [0.05, 0.1) is 6.10 Å². The highest BCUT2D eigenvalue weighted by molar-refractivity contribution is 5.15. The van der Waals surface area contributed by atoms with Crippen molar-refractivity contribution in [3.8, 4) is 0 Å². The summed E-state index contributed by atoms with van der Waals surface area (Å²) in [6.07, 6.45) is 0.929. The second-order valence-electron chi connectivity index (χ2n) is 5.03. The van der Waals surface area contributed by atoms with Crippen molar-refractivity contribution in [2.75, 3.05) is 13.1 Å². The van der Waals surface area contributed by atoms with E-state index in [-0.39, 0.29) is 6.10 Å². The zero-order valence-electron chi connectivity index (χ0n) is 10.1. The lowest BCUT2D eigenvalue weighted by molar-refractivity contribution is 0.109. The van der Waals surface area contributed by atoms with Crippen LogP contribution >= 0.6 is 0 Å². The van der Waals surface area contributed by atoms with Gasteiger partial charge in [0.15, 0.2) is 0 Å². The highest BCUT2D eigenvalue weighted by atomic mass is 16.3. The highest BCUT2D eigenvalue weighted by Crippen LogP contribution is 2.25. The summed E-state index contributed by atoms with van der Waals surface area (Å²) in [5.41, 5.74) is 1.38. The van der Waals surface area contributed by atoms with Crippen molar-refractivity contribution in [3.05, 3.63) is 35.9 Å². The van der Waals surface area contributed by atoms with Crippen LogP contribution in [0.5, 0.6) is 0 Å². The summed E-state index contributed by atoms with van der Waals surface area (Å²) in [5.74, 6) is 0.367. The molecule has 0 saturated carbocycles. The largest absolute Gasteiger partial charge is 0.391 e. The molecule has 1 aliphatic rings. The summed E-state index contributed by atoms with van der Waals surface area (Å²) in [5, 5.41) is 9.89. The maximum Gasteiger partial charge on any atom is 0.0730 e. The van der Waals surface area contributed by atoms with E-state index >= 15 is 0 Å². The topological polar surface area (TPSA) is 23.2 Å². The number of rotatable bonds is 5. The average molecular weight is 219 g/mol. The molecule has 1 aromatic carbocycles. The molecule has 0 radical (unpaired) electrons. The number of hydrogen-bond acceptors (Lipinski definition) is 2. The number of aliphatic hydroxyl groups is 1. The Bertz CT molecular complexity index is 323. The fourth-order valence-electron chi connectivity index (χ4n) is 2.14. The monoisotopic (exact) mass is 219 g/mol. The van der Waals surface area contributed by atoms with Crippen LogP contribution < -0.4 is 0 Å². The molecule has 2 rings (SSSR count). The molecule has 2 nitrogen and oxygen atoms in total. The van der Waals surface area contributed by atoms with Crippen LogP contribution in [0.15, 0.2) is 30.3 Å². The van der Waals surface area contributed by atoms with Gasteiger partial charge in [0.2, 0.25) is 0 Å². The summed E-state index contributed by atoms with van der Waals surface area (Å²) in [6, 6.07) is 10.9. The van der Waals surface area contributed by atoms with Gasteiger partial charge in [-0.25, -0.2) is 0 Å². The maximum absolute atomic E-state index is 9.89. The zero-order valence-corrected chi connectivity index (χ0v) is 10.1. The fraction of sp³-hybridized carbons (Fsp3) is 0.571. The molecule has 3 unspecified atom stereocenters. The van der Waals surface area contributed by atoms with Crippen molar-refractivity contribution < 1.29 is 5.11 Å². The Balaban J connectivity index is 1.74. The molecule has 3 atom stereocenters. The minimum Gasteiger partial charge on any atom is -0.391 e. The Kier molecular flexibility index (Phi) is 3.62. The molecule has 1 aliphatic heterocycles. The first kappa shape index (κ1) is 11.6. The number of nitrogens with zero attached hydrogens (tertiary/aromatic N) is 1. The van der Waals surface area contributed by atoms with E-state index in [0.29, 0.717) is 12.0 Å². The quantitative estimate of drug-likeness (QED) is 0.765. The molecule has 2 heteroatoms. The molecule has 0 amide bonds. The van der Waals surface area contributed by atoms with Gasteiger partial charge in [-0.3, -0.25) is 4.90 Å². The molecule has 1 saturated heterocycles. The fourth-order valence-corrected chi connectivity index (χ4v) is 2.14. The molecule has 0 aliphatic carbocycles. The highest BCUT2D eigenvalue weighted by Gasteiger charge is 2.40. The van der Waals surface area contributed by atoms with Gasteiger partial charge in [-0.15, -0.1) is 0 Å². The first-order valence-electron chi connectivity index (χ1n) is 6.14. The lowest BCUT2D eigenvalue weighted by atomic mass is 10.0. The van der Waals surface area contributed by atoms with E-state index < -0.39 is 0 Å². The van der Waals surface area contributed by atoms with E-state index in [1.54, 1.807) is 0 Å². The summed E-state index contributed by atoms with van der Waals surface area (Å²) in [4.78, 5) is 2.36. The standard InChI is InChI=1S/C14H21NO/c1-11(2)14(16)13-10-15(13)9-8-12-6-4-3-5-7-12/h3-7,11,13-14,16H,8-10H2,1-2H3. The molecule has 88 valence electrons. The molecule has 0 spiro atoms. The SMILES string of the molecule is CC(C)C(O)C1CN1CCc1ccccc1. The third kappa shape index (κ3) is 2.83. The smallest absolute Gasteiger partial charge is 0.0730 e. The molecule has 1 N–H and O–H groups in total. The summed E-state index contributed by atoms with van der Waals surface area (Å²) in [7, 11) is 0. The van der Waals surface area contributed by atoms with Gasteiger partial charge in [-0.2, -0.15) is 0 Å². The van der Waals surface area contributed by atoms with Crippen LogP contribution in [-0.2, 0) is 6.42 Å². The van der Waals surface area contributed by atoms with E-state index in [1.165, 1.54) is 5.56 Å². The summed E-state index contributed by atoms with van der Waals surface area (Å²) >= 11 is 0. The van der Waals surface area contributed by atoms with Crippen LogP contribution in [0.3, 0.4) is 0 Å². The van der Waals surface area contributed by atoms with Crippen molar-refractivity contribution >= 4 is 0 Å². The van der Waals surface area contributed by atoms with E-state index in [9.17, 15) is 5.11 Å². The lowest BCUT2D eigenvalue weighted by Gasteiger charge is -2.14. The average Bonchev–Trinajstić information content (AvgIpc) is 3.06. The molecule has 0 aromatic heterocycles. The van der Waals surface area contributed by atoms with Crippen LogP contribution in [0.25, 0.3) is 0 Å². The summed E-state index contributed by atoms with van der Waals surface area (Å²) < 4.78 is 0. The third-order valence-electron chi connectivity index (χ3n) is 3.36. The van der Waals surface area contributed by atoms with Gasteiger partial charge < -0.3 is 5.11 Å². The van der Waals surface area contributed by atoms with Gasteiger partial charge >= 0.3 is 0 Å². The Labute approximate surface area is 97.9 Å². The van der Waals surface area contributed by atoms with Gasteiger partial charge in [-0.1, -0.05) is 44.2 Å². The van der Waals surface area contributed by atoms with E-state index in [1.807, 2.05) is 6.07 Å². The van der Waals surface area contributed by atoms with Gasteiger partial charge in [0, 0.05) is 19.1 Å². The van der Waals surface area contributed by atoms with Crippen LogP contribution in [0.2, 0.25) is 0 Å². The van der Waals surface area contributed by atoms with Gasteiger partial charge in [0.1, 0.15) is 0 Å². The molecule has 1 heterocycles. The van der Waals surface area contributed by atoms with Gasteiger partial charge in [0.25, 0.3) is 0 Å². The third-order valence-corrected chi connectivity index (χ3v) is 3.36. The Hall–Kier alpha value is -0.860. The lowest BCUT2D eigenvalue weighted by Crippen LogP contribution is -2.25. The summed E-state index contributed by atoms with van der Waals surface area (Å²) in [6.45, 7) is 6.29. The second kappa shape index (κ2) is 4.98. The van der Waals surface area contributed by atoms with Gasteiger partial charge in [-0.05, 0) is 17.9 Å². The van der Waals surface area contributed by atoms with Crippen LogP contribution in [0, 0.1) is 5.92 Å². The Morgan fingerprint density at radius 3 is 2.62 bits per heavy atom. The first-order chi connectivity index (χ1) is 7.68. The molecular weight excluding hydrogens is 198 g/mol. The van der Waals surface area contributed by atoms with E-state index in [2.05, 4.69) is 43.0 Å². The van der Waals surface area contributed by atoms with Crippen molar-refractivity contribution in [3.63, 3.8) is 0 Å². The molecule has 16 heavy (non-hydrogen) atoms. The predicted molar refractivity (Wildman–Crippen MR) is 66.4 cm³/mol. The molecular formula is C14H21NO. The van der Waals surface area contributed by atoms with Crippen molar-refractivity contribution in [1.82, 2.24) is 4.90 Å². The number of benzene rings is 1. The van der Waals surface area contributed by atoms with E-state index in [0.717, 1.165) is 19.5 Å². The number of aliphatic hydroxyl groups excluding tert-OH is 1. The van der Waals surface area contributed by atoms with Crippen molar-refractivity contribution in [2.24, 2.45) is 5.92 Å². The minimum atomic E-state index is -0.157. The van der Waals surface area contributed by atoms with Crippen LogP contribution in [0.4, 0.5) is 0 Å². The molecule has 1 fully saturated rings. The van der Waals surface area contributed by atoms with E-state index in [4.69, 9.17) is 0 Å². The Morgan fingerprint density at radius 2 is 2.00 bits per heavy atom. The molecule has 1 aromatic rings. The number of hydrogen-bond donors (Lipinski definition) is 1.